The van der Waals surface area contributed by atoms with Crippen LogP contribution in [0.5, 0.6) is 0 Å². The zero-order valence-corrected chi connectivity index (χ0v) is 13.4. The second-order valence-electron chi connectivity index (χ2n) is 5.75. The molecule has 1 aliphatic heterocycles. The number of piperazine rings is 1. The van der Waals surface area contributed by atoms with E-state index in [1.165, 1.54) is 4.88 Å². The highest BCUT2D eigenvalue weighted by Gasteiger charge is 2.25. The first-order valence-corrected chi connectivity index (χ1v) is 8.19. The largest absolute Gasteiger partial charge is 0.339 e. The zero-order valence-electron chi connectivity index (χ0n) is 12.6. The van der Waals surface area contributed by atoms with Gasteiger partial charge in [-0.05, 0) is 24.4 Å². The lowest BCUT2D eigenvalue weighted by Crippen LogP contribution is -2.49. The molecule has 4 nitrogen and oxygen atoms in total. The number of amides is 1. The molecule has 5 heteroatoms. The van der Waals surface area contributed by atoms with E-state index in [0.29, 0.717) is 18.5 Å². The summed E-state index contributed by atoms with van der Waals surface area (Å²) in [6, 6.07) is 4.57. The molecule has 0 saturated carbocycles. The molecule has 0 aromatic carbocycles. The molecule has 1 unspecified atom stereocenters. The standard InChI is InChI=1S/C15H25N3OS/c1-12(2)15(13-5-4-10-20-13)17(3)11-14(19)18-8-6-16-7-9-18/h4-5,10,12,15-16H,6-9,11H2,1-3H3. The number of nitrogens with one attached hydrogen (secondary N) is 1. The van der Waals surface area contributed by atoms with Crippen LogP contribution in [0.3, 0.4) is 0 Å². The van der Waals surface area contributed by atoms with Gasteiger partial charge in [-0.2, -0.15) is 0 Å². The van der Waals surface area contributed by atoms with Crippen LogP contribution in [-0.4, -0.2) is 55.5 Å². The average molecular weight is 295 g/mol. The minimum atomic E-state index is 0.246. The summed E-state index contributed by atoms with van der Waals surface area (Å²) in [6.07, 6.45) is 0. The van der Waals surface area contributed by atoms with Crippen LogP contribution in [0, 0.1) is 5.92 Å². The maximum Gasteiger partial charge on any atom is 0.236 e. The number of likely N-dealkylation sites (N-methyl/N-ethyl adjacent to an activating group) is 1. The summed E-state index contributed by atoms with van der Waals surface area (Å²) in [4.78, 5) is 17.9. The summed E-state index contributed by atoms with van der Waals surface area (Å²) >= 11 is 1.77. The fourth-order valence-electron chi connectivity index (χ4n) is 2.84. The summed E-state index contributed by atoms with van der Waals surface area (Å²) < 4.78 is 0. The molecule has 1 aliphatic rings. The Morgan fingerprint density at radius 2 is 2.15 bits per heavy atom. The van der Waals surface area contributed by atoms with Gasteiger partial charge in [0.2, 0.25) is 5.91 Å². The molecule has 112 valence electrons. The van der Waals surface area contributed by atoms with Crippen LogP contribution in [0.2, 0.25) is 0 Å². The smallest absolute Gasteiger partial charge is 0.236 e. The Morgan fingerprint density at radius 1 is 1.45 bits per heavy atom. The summed E-state index contributed by atoms with van der Waals surface area (Å²) in [7, 11) is 2.06. The van der Waals surface area contributed by atoms with Gasteiger partial charge in [0, 0.05) is 37.1 Å². The van der Waals surface area contributed by atoms with Crippen molar-refractivity contribution in [2.45, 2.75) is 19.9 Å². The van der Waals surface area contributed by atoms with Crippen molar-refractivity contribution in [3.63, 3.8) is 0 Å². The topological polar surface area (TPSA) is 35.6 Å². The quantitative estimate of drug-likeness (QED) is 0.900. The third-order valence-electron chi connectivity index (χ3n) is 3.80. The van der Waals surface area contributed by atoms with Crippen molar-refractivity contribution in [3.8, 4) is 0 Å². The first-order valence-electron chi connectivity index (χ1n) is 7.31. The van der Waals surface area contributed by atoms with Crippen molar-refractivity contribution >= 4 is 17.2 Å². The van der Waals surface area contributed by atoms with Gasteiger partial charge in [0.1, 0.15) is 0 Å². The number of carbonyl (C=O) groups is 1. The van der Waals surface area contributed by atoms with Gasteiger partial charge in [-0.25, -0.2) is 0 Å². The zero-order chi connectivity index (χ0) is 14.5. The summed E-state index contributed by atoms with van der Waals surface area (Å²) in [5, 5.41) is 5.39. The Balaban J connectivity index is 1.97. The normalized spacial score (nSPS) is 17.8. The van der Waals surface area contributed by atoms with Gasteiger partial charge < -0.3 is 10.2 Å². The molecular formula is C15H25N3OS. The van der Waals surface area contributed by atoms with E-state index >= 15 is 0 Å². The molecule has 0 spiro atoms. The van der Waals surface area contributed by atoms with Gasteiger partial charge in [0.05, 0.1) is 6.54 Å². The minimum absolute atomic E-state index is 0.246. The van der Waals surface area contributed by atoms with Crippen molar-refractivity contribution in [3.05, 3.63) is 22.4 Å². The Morgan fingerprint density at radius 3 is 2.70 bits per heavy atom. The summed E-state index contributed by atoms with van der Waals surface area (Å²) in [6.45, 7) is 8.42. The van der Waals surface area contributed by atoms with Gasteiger partial charge in [0.25, 0.3) is 0 Å². The molecule has 1 atom stereocenters. The first-order chi connectivity index (χ1) is 9.59. The highest BCUT2D eigenvalue weighted by molar-refractivity contribution is 7.10. The first kappa shape index (κ1) is 15.5. The number of nitrogens with zero attached hydrogens (tertiary/aromatic N) is 2. The Hall–Kier alpha value is -0.910. The van der Waals surface area contributed by atoms with E-state index < -0.39 is 0 Å². The van der Waals surface area contributed by atoms with E-state index in [1.807, 2.05) is 4.90 Å². The molecule has 1 amide bonds. The molecule has 0 radical (unpaired) electrons. The van der Waals surface area contributed by atoms with E-state index in [2.05, 4.69) is 48.6 Å². The van der Waals surface area contributed by atoms with Gasteiger partial charge in [-0.15, -0.1) is 11.3 Å². The maximum absolute atomic E-state index is 12.4. The van der Waals surface area contributed by atoms with Crippen molar-refractivity contribution in [1.29, 1.82) is 0 Å². The molecule has 1 N–H and O–H groups in total. The molecule has 1 aromatic heterocycles. The molecule has 1 fully saturated rings. The van der Waals surface area contributed by atoms with Crippen LogP contribution < -0.4 is 5.32 Å². The van der Waals surface area contributed by atoms with Gasteiger partial charge in [-0.3, -0.25) is 9.69 Å². The van der Waals surface area contributed by atoms with Crippen molar-refractivity contribution in [1.82, 2.24) is 15.1 Å². The van der Waals surface area contributed by atoms with E-state index in [-0.39, 0.29) is 5.91 Å². The van der Waals surface area contributed by atoms with Crippen LogP contribution in [0.4, 0.5) is 0 Å². The van der Waals surface area contributed by atoms with Crippen LogP contribution >= 0.6 is 11.3 Å². The van der Waals surface area contributed by atoms with Gasteiger partial charge in [-0.1, -0.05) is 19.9 Å². The second kappa shape index (κ2) is 7.20. The lowest BCUT2D eigenvalue weighted by molar-refractivity contribution is -0.133. The van der Waals surface area contributed by atoms with Crippen LogP contribution in [0.25, 0.3) is 0 Å². The minimum Gasteiger partial charge on any atom is -0.339 e. The van der Waals surface area contributed by atoms with Crippen molar-refractivity contribution in [2.24, 2.45) is 5.92 Å². The van der Waals surface area contributed by atoms with E-state index in [0.717, 1.165) is 26.2 Å². The van der Waals surface area contributed by atoms with E-state index in [4.69, 9.17) is 0 Å². The molecule has 0 aliphatic carbocycles. The lowest BCUT2D eigenvalue weighted by Gasteiger charge is -2.33. The fraction of sp³-hybridized carbons (Fsp3) is 0.667. The van der Waals surface area contributed by atoms with Gasteiger partial charge >= 0.3 is 0 Å². The number of thiophene rings is 1. The number of hydrogen-bond acceptors (Lipinski definition) is 4. The molecule has 1 aromatic rings. The van der Waals surface area contributed by atoms with Gasteiger partial charge in [0.15, 0.2) is 0 Å². The monoisotopic (exact) mass is 295 g/mol. The Kier molecular flexibility index (Phi) is 5.57. The molecule has 20 heavy (non-hydrogen) atoms. The molecule has 2 rings (SSSR count). The molecule has 2 heterocycles. The molecular weight excluding hydrogens is 270 g/mol. The highest BCUT2D eigenvalue weighted by Crippen LogP contribution is 2.30. The SMILES string of the molecule is CC(C)C(c1cccs1)N(C)CC(=O)N1CCNCC1. The number of hydrogen-bond donors (Lipinski definition) is 1. The predicted molar refractivity (Wildman–Crippen MR) is 84.0 cm³/mol. The number of carbonyl (C=O) groups excluding carboxylic acids is 1. The molecule has 1 saturated heterocycles. The molecule has 0 bridgehead atoms. The van der Waals surface area contributed by atoms with E-state index in [9.17, 15) is 4.79 Å². The maximum atomic E-state index is 12.4. The summed E-state index contributed by atoms with van der Waals surface area (Å²) in [5.74, 6) is 0.741. The fourth-order valence-corrected chi connectivity index (χ4v) is 3.90. The third-order valence-corrected chi connectivity index (χ3v) is 4.74. The average Bonchev–Trinajstić information content (AvgIpc) is 2.93. The van der Waals surface area contributed by atoms with E-state index in [1.54, 1.807) is 11.3 Å². The van der Waals surface area contributed by atoms with Crippen LogP contribution in [-0.2, 0) is 4.79 Å². The Labute approximate surface area is 125 Å². The number of rotatable bonds is 5. The van der Waals surface area contributed by atoms with Crippen LogP contribution in [0.15, 0.2) is 17.5 Å². The third kappa shape index (κ3) is 3.81. The van der Waals surface area contributed by atoms with Crippen molar-refractivity contribution < 1.29 is 4.79 Å². The van der Waals surface area contributed by atoms with Crippen molar-refractivity contribution in [2.75, 3.05) is 39.8 Å². The summed E-state index contributed by atoms with van der Waals surface area (Å²) in [5.41, 5.74) is 0. The highest BCUT2D eigenvalue weighted by atomic mass is 32.1. The lowest BCUT2D eigenvalue weighted by atomic mass is 10.0. The second-order valence-corrected chi connectivity index (χ2v) is 6.73. The predicted octanol–water partition coefficient (Wildman–Crippen LogP) is 1.81. The Bertz CT molecular complexity index is 413. The van der Waals surface area contributed by atoms with Crippen LogP contribution in [0.1, 0.15) is 24.8 Å².